The minimum Gasteiger partial charge on any atom is -0.497 e. The summed E-state index contributed by atoms with van der Waals surface area (Å²) in [6.45, 7) is 0. The first-order valence-corrected chi connectivity index (χ1v) is 7.00. The van der Waals surface area contributed by atoms with E-state index in [1.165, 1.54) is 10.9 Å². The number of methoxy groups -OCH3 is 1. The third-order valence-corrected chi connectivity index (χ3v) is 3.71. The number of fused-ring (bicyclic) bond motifs is 1. The summed E-state index contributed by atoms with van der Waals surface area (Å²) in [5.74, 6) is 0.922. The molecule has 0 aliphatic carbocycles. The molecule has 3 heteroatoms. The molecule has 0 radical (unpaired) electrons. The number of carbonyl (C=O) groups excluding carboxylic acids is 1. The Hall–Kier alpha value is -2.55. The van der Waals surface area contributed by atoms with Crippen LogP contribution in [0.2, 0.25) is 0 Å². The molecule has 0 saturated carbocycles. The van der Waals surface area contributed by atoms with Crippen molar-refractivity contribution in [2.75, 3.05) is 7.11 Å². The van der Waals surface area contributed by atoms with Gasteiger partial charge in [-0.15, -0.1) is 0 Å². The summed E-state index contributed by atoms with van der Waals surface area (Å²) in [5, 5.41) is 1.19. The molecule has 3 aromatic rings. The topological polar surface area (TPSA) is 42.1 Å². The predicted octanol–water partition coefficient (Wildman–Crippen LogP) is 3.99. The zero-order chi connectivity index (χ0) is 14.7. The van der Waals surface area contributed by atoms with Crippen LogP contribution in [0.15, 0.2) is 54.7 Å². The second kappa shape index (κ2) is 5.83. The molecule has 0 atom stereocenters. The number of ether oxygens (including phenoxy) is 1. The van der Waals surface area contributed by atoms with E-state index in [9.17, 15) is 4.79 Å². The first-order chi connectivity index (χ1) is 10.3. The zero-order valence-electron chi connectivity index (χ0n) is 11.9. The molecule has 0 bridgehead atoms. The van der Waals surface area contributed by atoms with Crippen molar-refractivity contribution in [1.82, 2.24) is 4.98 Å². The minimum absolute atomic E-state index is 0.155. The first kappa shape index (κ1) is 13.4. The van der Waals surface area contributed by atoms with Gasteiger partial charge in [-0.2, -0.15) is 0 Å². The van der Waals surface area contributed by atoms with E-state index in [2.05, 4.69) is 11.1 Å². The highest BCUT2D eigenvalue weighted by Crippen LogP contribution is 2.20. The van der Waals surface area contributed by atoms with E-state index >= 15 is 0 Å². The number of para-hydroxylation sites is 1. The number of aryl methyl sites for hydroxylation is 1. The fourth-order valence-corrected chi connectivity index (χ4v) is 2.51. The Morgan fingerprint density at radius 2 is 1.86 bits per heavy atom. The standard InChI is InChI=1S/C18H17NO2/c1-21-15-9-6-13(7-10-15)18(20)11-8-14-12-19-17-5-3-2-4-16(14)17/h2-7,9-10,12,19H,8,11H2,1H3. The summed E-state index contributed by atoms with van der Waals surface area (Å²) in [7, 11) is 1.62. The summed E-state index contributed by atoms with van der Waals surface area (Å²) in [5.41, 5.74) is 3.03. The molecule has 2 aromatic carbocycles. The van der Waals surface area contributed by atoms with E-state index in [1.54, 1.807) is 7.11 Å². The average Bonchev–Trinajstić information content (AvgIpc) is 2.96. The first-order valence-electron chi connectivity index (χ1n) is 7.00. The number of rotatable bonds is 5. The van der Waals surface area contributed by atoms with Gasteiger partial charge in [0.15, 0.2) is 5.78 Å². The molecule has 0 amide bonds. The van der Waals surface area contributed by atoms with E-state index in [-0.39, 0.29) is 5.78 Å². The molecule has 0 saturated heterocycles. The van der Waals surface area contributed by atoms with Crippen LogP contribution in [0.5, 0.6) is 5.75 Å². The lowest BCUT2D eigenvalue weighted by Gasteiger charge is -2.03. The van der Waals surface area contributed by atoms with Crippen molar-refractivity contribution in [3.63, 3.8) is 0 Å². The van der Waals surface area contributed by atoms with Gasteiger partial charge < -0.3 is 9.72 Å². The molecule has 0 spiro atoms. The maximum atomic E-state index is 12.2. The van der Waals surface area contributed by atoms with Crippen molar-refractivity contribution >= 4 is 16.7 Å². The van der Waals surface area contributed by atoms with Crippen LogP contribution in [0.3, 0.4) is 0 Å². The third kappa shape index (κ3) is 2.82. The molecule has 0 aliphatic rings. The molecule has 0 aliphatic heterocycles. The number of benzene rings is 2. The Morgan fingerprint density at radius 3 is 2.62 bits per heavy atom. The van der Waals surface area contributed by atoms with Crippen LogP contribution in [0.25, 0.3) is 10.9 Å². The quantitative estimate of drug-likeness (QED) is 0.717. The number of H-pyrrole nitrogens is 1. The van der Waals surface area contributed by atoms with Crippen LogP contribution >= 0.6 is 0 Å². The molecule has 3 rings (SSSR count). The molecule has 1 aromatic heterocycles. The van der Waals surface area contributed by atoms with E-state index in [0.717, 1.165) is 23.3 Å². The molecule has 0 unspecified atom stereocenters. The molecular weight excluding hydrogens is 262 g/mol. The number of aromatic amines is 1. The van der Waals surface area contributed by atoms with Crippen LogP contribution in [0, 0.1) is 0 Å². The van der Waals surface area contributed by atoms with Crippen molar-refractivity contribution in [3.8, 4) is 5.75 Å². The summed E-state index contributed by atoms with van der Waals surface area (Å²) in [6.07, 6.45) is 3.25. The Labute approximate surface area is 123 Å². The van der Waals surface area contributed by atoms with E-state index < -0.39 is 0 Å². The van der Waals surface area contributed by atoms with Crippen molar-refractivity contribution in [1.29, 1.82) is 0 Å². The zero-order valence-corrected chi connectivity index (χ0v) is 11.9. The van der Waals surface area contributed by atoms with Crippen molar-refractivity contribution in [2.24, 2.45) is 0 Å². The number of nitrogens with one attached hydrogen (secondary N) is 1. The molecule has 106 valence electrons. The minimum atomic E-state index is 0.155. The maximum Gasteiger partial charge on any atom is 0.163 e. The van der Waals surface area contributed by atoms with Crippen LogP contribution in [0.1, 0.15) is 22.3 Å². The Balaban J connectivity index is 1.70. The smallest absolute Gasteiger partial charge is 0.163 e. The summed E-state index contributed by atoms with van der Waals surface area (Å²) in [4.78, 5) is 15.5. The van der Waals surface area contributed by atoms with Gasteiger partial charge in [-0.05, 0) is 42.3 Å². The van der Waals surface area contributed by atoms with Gasteiger partial charge in [-0.3, -0.25) is 4.79 Å². The van der Waals surface area contributed by atoms with Gasteiger partial charge in [0.05, 0.1) is 7.11 Å². The lowest BCUT2D eigenvalue weighted by molar-refractivity contribution is 0.0983. The number of carbonyl (C=O) groups is 1. The number of ketones is 1. The predicted molar refractivity (Wildman–Crippen MR) is 83.9 cm³/mol. The number of hydrogen-bond acceptors (Lipinski definition) is 2. The fraction of sp³-hybridized carbons (Fsp3) is 0.167. The molecule has 21 heavy (non-hydrogen) atoms. The lowest BCUT2D eigenvalue weighted by Crippen LogP contribution is -2.01. The number of aromatic nitrogens is 1. The van der Waals surface area contributed by atoms with Gasteiger partial charge in [0, 0.05) is 29.1 Å². The van der Waals surface area contributed by atoms with Gasteiger partial charge in [0.1, 0.15) is 5.75 Å². The maximum absolute atomic E-state index is 12.2. The highest BCUT2D eigenvalue weighted by atomic mass is 16.5. The van der Waals surface area contributed by atoms with E-state index in [1.807, 2.05) is 48.7 Å². The normalized spacial score (nSPS) is 10.7. The second-order valence-corrected chi connectivity index (χ2v) is 5.01. The molecular formula is C18H17NO2. The SMILES string of the molecule is COc1ccc(C(=O)CCc2c[nH]c3ccccc23)cc1. The van der Waals surface area contributed by atoms with Crippen LogP contribution in [0.4, 0.5) is 0 Å². The summed E-state index contributed by atoms with van der Waals surface area (Å²) >= 11 is 0. The molecule has 0 fully saturated rings. The van der Waals surface area contributed by atoms with Crippen molar-refractivity contribution in [2.45, 2.75) is 12.8 Å². The number of hydrogen-bond donors (Lipinski definition) is 1. The highest BCUT2D eigenvalue weighted by Gasteiger charge is 2.09. The largest absolute Gasteiger partial charge is 0.497 e. The lowest BCUT2D eigenvalue weighted by atomic mass is 10.0. The third-order valence-electron chi connectivity index (χ3n) is 3.71. The summed E-state index contributed by atoms with van der Waals surface area (Å²) in [6, 6.07) is 15.4. The second-order valence-electron chi connectivity index (χ2n) is 5.01. The molecule has 1 heterocycles. The van der Waals surface area contributed by atoms with E-state index in [4.69, 9.17) is 4.74 Å². The van der Waals surface area contributed by atoms with E-state index in [0.29, 0.717) is 6.42 Å². The van der Waals surface area contributed by atoms with Crippen molar-refractivity contribution < 1.29 is 9.53 Å². The van der Waals surface area contributed by atoms with Crippen molar-refractivity contribution in [3.05, 3.63) is 65.9 Å². The fourth-order valence-electron chi connectivity index (χ4n) is 2.51. The molecule has 1 N–H and O–H groups in total. The van der Waals surface area contributed by atoms with Gasteiger partial charge in [-0.1, -0.05) is 18.2 Å². The monoisotopic (exact) mass is 279 g/mol. The Kier molecular flexibility index (Phi) is 3.73. The van der Waals surface area contributed by atoms with Gasteiger partial charge in [0.25, 0.3) is 0 Å². The highest BCUT2D eigenvalue weighted by molar-refractivity contribution is 5.96. The van der Waals surface area contributed by atoms with Crippen LogP contribution < -0.4 is 4.74 Å². The van der Waals surface area contributed by atoms with Crippen LogP contribution in [-0.4, -0.2) is 17.9 Å². The average molecular weight is 279 g/mol. The molecule has 3 nitrogen and oxygen atoms in total. The Morgan fingerprint density at radius 1 is 1.10 bits per heavy atom. The van der Waals surface area contributed by atoms with Gasteiger partial charge in [-0.25, -0.2) is 0 Å². The summed E-state index contributed by atoms with van der Waals surface area (Å²) < 4.78 is 5.10. The van der Waals surface area contributed by atoms with Gasteiger partial charge in [0.2, 0.25) is 0 Å². The Bertz CT molecular complexity index is 756. The van der Waals surface area contributed by atoms with Gasteiger partial charge >= 0.3 is 0 Å². The number of Topliss-reactive ketones (excluding diaryl/α,β-unsaturated/α-hetero) is 1. The van der Waals surface area contributed by atoms with Crippen LogP contribution in [-0.2, 0) is 6.42 Å².